The molecule has 4 nitrogen and oxygen atoms in total. The van der Waals surface area contributed by atoms with E-state index >= 15 is 0 Å². The molecule has 0 spiro atoms. The standard InChI is InChI=1S/C14H27N3OS/c1-5-14(3,4)16-13(18)10(2)17-9-7-6-8-11(17)12(15)19/h10-11H,5-9H2,1-4H3,(H2,15,19)(H,16,18). The predicted molar refractivity (Wildman–Crippen MR) is 83.1 cm³/mol. The quantitative estimate of drug-likeness (QED) is 0.757. The molecule has 2 unspecified atom stereocenters. The van der Waals surface area contributed by atoms with Crippen molar-refractivity contribution in [1.82, 2.24) is 10.2 Å². The lowest BCUT2D eigenvalue weighted by Crippen LogP contribution is -2.57. The first-order chi connectivity index (χ1) is 8.78. The van der Waals surface area contributed by atoms with Gasteiger partial charge in [-0.1, -0.05) is 25.6 Å². The Bertz CT molecular complexity index is 344. The minimum Gasteiger partial charge on any atom is -0.392 e. The number of piperidine rings is 1. The van der Waals surface area contributed by atoms with Gasteiger partial charge in [-0.25, -0.2) is 0 Å². The highest BCUT2D eigenvalue weighted by atomic mass is 32.1. The maximum Gasteiger partial charge on any atom is 0.237 e. The highest BCUT2D eigenvalue weighted by Crippen LogP contribution is 2.20. The van der Waals surface area contributed by atoms with E-state index in [2.05, 4.69) is 17.1 Å². The first kappa shape index (κ1) is 16.4. The van der Waals surface area contributed by atoms with E-state index in [1.165, 1.54) is 0 Å². The molecule has 1 fully saturated rings. The van der Waals surface area contributed by atoms with Crippen LogP contribution >= 0.6 is 12.2 Å². The molecule has 1 saturated heterocycles. The van der Waals surface area contributed by atoms with Gasteiger partial charge in [0.1, 0.15) is 0 Å². The molecule has 3 N–H and O–H groups in total. The summed E-state index contributed by atoms with van der Waals surface area (Å²) in [7, 11) is 0. The van der Waals surface area contributed by atoms with E-state index in [1.54, 1.807) is 0 Å². The van der Waals surface area contributed by atoms with Crippen molar-refractivity contribution in [2.75, 3.05) is 6.54 Å². The van der Waals surface area contributed by atoms with Gasteiger partial charge in [-0.15, -0.1) is 0 Å². The van der Waals surface area contributed by atoms with Gasteiger partial charge in [0.05, 0.1) is 17.1 Å². The summed E-state index contributed by atoms with van der Waals surface area (Å²) in [5, 5.41) is 3.10. The van der Waals surface area contributed by atoms with E-state index in [1.807, 2.05) is 20.8 Å². The van der Waals surface area contributed by atoms with Crippen molar-refractivity contribution in [3.05, 3.63) is 0 Å². The lowest BCUT2D eigenvalue weighted by molar-refractivity contribution is -0.128. The van der Waals surface area contributed by atoms with E-state index in [4.69, 9.17) is 18.0 Å². The Morgan fingerprint density at radius 2 is 2.16 bits per heavy atom. The third kappa shape index (κ3) is 4.42. The second-order valence-electron chi connectivity index (χ2n) is 6.05. The Hall–Kier alpha value is -0.680. The molecular formula is C14H27N3OS. The van der Waals surface area contributed by atoms with Crippen LogP contribution in [0.1, 0.15) is 53.4 Å². The molecule has 0 aromatic heterocycles. The lowest BCUT2D eigenvalue weighted by Gasteiger charge is -2.39. The van der Waals surface area contributed by atoms with E-state index in [0.29, 0.717) is 4.99 Å². The van der Waals surface area contributed by atoms with Crippen LogP contribution in [0.15, 0.2) is 0 Å². The third-order valence-corrected chi connectivity index (χ3v) is 4.37. The molecule has 1 aliphatic heterocycles. The molecule has 0 saturated carbocycles. The largest absolute Gasteiger partial charge is 0.392 e. The summed E-state index contributed by atoms with van der Waals surface area (Å²) in [5.74, 6) is 0.0648. The van der Waals surface area contributed by atoms with Crippen molar-refractivity contribution in [3.8, 4) is 0 Å². The van der Waals surface area contributed by atoms with E-state index in [-0.39, 0.29) is 23.5 Å². The summed E-state index contributed by atoms with van der Waals surface area (Å²) >= 11 is 5.14. The smallest absolute Gasteiger partial charge is 0.237 e. The number of carbonyl (C=O) groups excluding carboxylic acids is 1. The number of hydrogen-bond donors (Lipinski definition) is 2. The van der Waals surface area contributed by atoms with Crippen molar-refractivity contribution in [2.24, 2.45) is 5.73 Å². The molecule has 1 aliphatic rings. The number of nitrogens with zero attached hydrogens (tertiary/aromatic N) is 1. The predicted octanol–water partition coefficient (Wildman–Crippen LogP) is 1.82. The van der Waals surface area contributed by atoms with Gasteiger partial charge in [-0.05, 0) is 46.6 Å². The Morgan fingerprint density at radius 1 is 1.53 bits per heavy atom. The summed E-state index contributed by atoms with van der Waals surface area (Å²) in [6.07, 6.45) is 4.11. The highest BCUT2D eigenvalue weighted by Gasteiger charge is 2.33. The number of thiocarbonyl (C=S) groups is 1. The average molecular weight is 285 g/mol. The van der Waals surface area contributed by atoms with Gasteiger partial charge in [0.15, 0.2) is 0 Å². The summed E-state index contributed by atoms with van der Waals surface area (Å²) in [6.45, 7) is 8.99. The van der Waals surface area contributed by atoms with Gasteiger partial charge in [0.2, 0.25) is 5.91 Å². The molecule has 1 amide bonds. The van der Waals surface area contributed by atoms with Gasteiger partial charge in [0, 0.05) is 5.54 Å². The highest BCUT2D eigenvalue weighted by molar-refractivity contribution is 7.80. The second kappa shape index (κ2) is 6.66. The normalized spacial score (nSPS) is 22.8. The zero-order chi connectivity index (χ0) is 14.6. The summed E-state index contributed by atoms with van der Waals surface area (Å²) in [5.41, 5.74) is 5.64. The minimum absolute atomic E-state index is 0.0641. The number of nitrogens with one attached hydrogen (secondary N) is 1. The summed E-state index contributed by atoms with van der Waals surface area (Å²) in [6, 6.07) is -0.119. The maximum absolute atomic E-state index is 12.3. The summed E-state index contributed by atoms with van der Waals surface area (Å²) < 4.78 is 0. The minimum atomic E-state index is -0.183. The molecule has 0 aromatic carbocycles. The fourth-order valence-electron chi connectivity index (χ4n) is 2.40. The molecular weight excluding hydrogens is 258 g/mol. The van der Waals surface area contributed by atoms with Crippen molar-refractivity contribution < 1.29 is 4.79 Å². The molecule has 0 aromatic rings. The van der Waals surface area contributed by atoms with Crippen molar-refractivity contribution in [2.45, 2.75) is 71.0 Å². The van der Waals surface area contributed by atoms with Gasteiger partial charge in [-0.3, -0.25) is 9.69 Å². The van der Waals surface area contributed by atoms with Crippen molar-refractivity contribution in [1.29, 1.82) is 0 Å². The fraction of sp³-hybridized carbons (Fsp3) is 0.857. The van der Waals surface area contributed by atoms with Crippen LogP contribution in [0.5, 0.6) is 0 Å². The number of amides is 1. The van der Waals surface area contributed by atoms with E-state index in [0.717, 1.165) is 32.2 Å². The molecule has 1 rings (SSSR count). The molecule has 2 atom stereocenters. The van der Waals surface area contributed by atoms with Crippen LogP contribution in [0.3, 0.4) is 0 Å². The fourth-order valence-corrected chi connectivity index (χ4v) is 2.65. The van der Waals surface area contributed by atoms with Crippen LogP contribution in [0, 0.1) is 0 Å². The Balaban J connectivity index is 2.71. The molecule has 0 radical (unpaired) electrons. The molecule has 110 valence electrons. The van der Waals surface area contributed by atoms with E-state index < -0.39 is 0 Å². The Kier molecular flexibility index (Phi) is 5.74. The molecule has 1 heterocycles. The monoisotopic (exact) mass is 285 g/mol. The molecule has 5 heteroatoms. The van der Waals surface area contributed by atoms with Gasteiger partial charge < -0.3 is 11.1 Å². The zero-order valence-corrected chi connectivity index (χ0v) is 13.3. The van der Waals surface area contributed by atoms with Crippen LogP contribution in [0.4, 0.5) is 0 Å². The number of likely N-dealkylation sites (tertiary alicyclic amines) is 1. The van der Waals surface area contributed by atoms with Gasteiger partial charge >= 0.3 is 0 Å². The first-order valence-electron chi connectivity index (χ1n) is 7.15. The van der Waals surface area contributed by atoms with Crippen LogP contribution in [-0.4, -0.2) is 40.0 Å². The molecule has 0 aliphatic carbocycles. The SMILES string of the molecule is CCC(C)(C)NC(=O)C(C)N1CCCCC1C(N)=S. The Labute approximate surface area is 122 Å². The topological polar surface area (TPSA) is 58.4 Å². The number of nitrogens with two attached hydrogens (primary N) is 1. The van der Waals surface area contributed by atoms with Crippen LogP contribution < -0.4 is 11.1 Å². The van der Waals surface area contributed by atoms with Crippen molar-refractivity contribution >= 4 is 23.1 Å². The summed E-state index contributed by atoms with van der Waals surface area (Å²) in [4.78, 5) is 15.0. The molecule has 0 bridgehead atoms. The van der Waals surface area contributed by atoms with Crippen LogP contribution in [0.25, 0.3) is 0 Å². The Morgan fingerprint density at radius 3 is 2.68 bits per heavy atom. The van der Waals surface area contributed by atoms with Crippen molar-refractivity contribution in [3.63, 3.8) is 0 Å². The number of rotatable bonds is 5. The second-order valence-corrected chi connectivity index (χ2v) is 6.53. The lowest BCUT2D eigenvalue weighted by atomic mass is 9.98. The zero-order valence-electron chi connectivity index (χ0n) is 12.5. The maximum atomic E-state index is 12.3. The van der Waals surface area contributed by atoms with Gasteiger partial charge in [0.25, 0.3) is 0 Å². The average Bonchev–Trinajstić information content (AvgIpc) is 2.37. The number of carbonyl (C=O) groups is 1. The first-order valence-corrected chi connectivity index (χ1v) is 7.56. The van der Waals surface area contributed by atoms with Crippen LogP contribution in [-0.2, 0) is 4.79 Å². The number of hydrogen-bond acceptors (Lipinski definition) is 3. The molecule has 19 heavy (non-hydrogen) atoms. The van der Waals surface area contributed by atoms with Crippen LogP contribution in [0.2, 0.25) is 0 Å². The van der Waals surface area contributed by atoms with E-state index in [9.17, 15) is 4.79 Å². The van der Waals surface area contributed by atoms with Gasteiger partial charge in [-0.2, -0.15) is 0 Å². The third-order valence-electron chi connectivity index (χ3n) is 4.10.